The molecule has 0 saturated carbocycles. The number of hydrogen-bond acceptors (Lipinski definition) is 4. The molecule has 0 aliphatic heterocycles. The zero-order chi connectivity index (χ0) is 18.0. The number of anilines is 1. The fraction of sp³-hybridized carbons (Fsp3) is 0.167. The smallest absolute Gasteiger partial charge is 0.338 e. The van der Waals surface area contributed by atoms with Gasteiger partial charge >= 0.3 is 5.97 Å². The Morgan fingerprint density at radius 3 is 2.88 bits per heavy atom. The molecule has 2 aromatic carbocycles. The lowest BCUT2D eigenvalue weighted by Crippen LogP contribution is -2.30. The van der Waals surface area contributed by atoms with Gasteiger partial charge in [-0.15, -0.1) is 0 Å². The van der Waals surface area contributed by atoms with Gasteiger partial charge in [0.25, 0.3) is 5.91 Å². The summed E-state index contributed by atoms with van der Waals surface area (Å²) in [6, 6.07) is 10.2. The number of nitrogens with one attached hydrogen (secondary N) is 2. The van der Waals surface area contributed by atoms with Crippen LogP contribution in [0.3, 0.4) is 0 Å². The number of ether oxygens (including phenoxy) is 1. The minimum Gasteiger partial charge on any atom is -0.449 e. The van der Waals surface area contributed by atoms with E-state index in [4.69, 9.17) is 16.3 Å². The average molecular weight is 358 g/mol. The van der Waals surface area contributed by atoms with E-state index in [1.165, 1.54) is 6.92 Å². The van der Waals surface area contributed by atoms with Gasteiger partial charge in [0.2, 0.25) is 0 Å². The van der Waals surface area contributed by atoms with Crippen LogP contribution in [-0.4, -0.2) is 27.9 Å². The number of H-pyrrole nitrogens is 1. The molecule has 1 unspecified atom stereocenters. The van der Waals surface area contributed by atoms with Crippen LogP contribution in [0.5, 0.6) is 0 Å². The van der Waals surface area contributed by atoms with Crippen LogP contribution in [-0.2, 0) is 9.53 Å². The van der Waals surface area contributed by atoms with E-state index >= 15 is 0 Å². The Morgan fingerprint density at radius 1 is 1.28 bits per heavy atom. The van der Waals surface area contributed by atoms with Crippen LogP contribution in [0.1, 0.15) is 22.8 Å². The molecule has 1 atom stereocenters. The van der Waals surface area contributed by atoms with Gasteiger partial charge in [-0.1, -0.05) is 17.7 Å². The highest BCUT2D eigenvalue weighted by atomic mass is 35.5. The maximum atomic E-state index is 12.3. The van der Waals surface area contributed by atoms with Crippen molar-refractivity contribution < 1.29 is 14.3 Å². The fourth-order valence-corrected chi connectivity index (χ4v) is 2.50. The summed E-state index contributed by atoms with van der Waals surface area (Å²) in [5.74, 6) is -1.01. The summed E-state index contributed by atoms with van der Waals surface area (Å²) in [5, 5.41) is 3.27. The summed E-state index contributed by atoms with van der Waals surface area (Å²) in [6.45, 7) is 3.32. The zero-order valence-corrected chi connectivity index (χ0v) is 14.4. The SMILES string of the molecule is Cc1c(Cl)cccc1NC(=O)C(C)OC(=O)c1ccc2nc[nH]c2c1. The topological polar surface area (TPSA) is 84.1 Å². The van der Waals surface area contributed by atoms with Gasteiger partial charge in [0.1, 0.15) is 0 Å². The number of halogens is 1. The van der Waals surface area contributed by atoms with Crippen molar-refractivity contribution in [1.29, 1.82) is 0 Å². The Morgan fingerprint density at radius 2 is 2.08 bits per heavy atom. The molecule has 128 valence electrons. The van der Waals surface area contributed by atoms with E-state index < -0.39 is 18.0 Å². The van der Waals surface area contributed by atoms with Gasteiger partial charge < -0.3 is 15.0 Å². The van der Waals surface area contributed by atoms with Crippen molar-refractivity contribution in [3.8, 4) is 0 Å². The molecule has 1 amide bonds. The Balaban J connectivity index is 1.68. The van der Waals surface area contributed by atoms with E-state index in [1.54, 1.807) is 49.6 Å². The first-order chi connectivity index (χ1) is 12.0. The second-order valence-corrected chi connectivity index (χ2v) is 5.99. The predicted octanol–water partition coefficient (Wildman–Crippen LogP) is 3.71. The second-order valence-electron chi connectivity index (χ2n) is 5.58. The molecular formula is C18H16ClN3O3. The highest BCUT2D eigenvalue weighted by molar-refractivity contribution is 6.31. The van der Waals surface area contributed by atoms with Gasteiger partial charge in [-0.25, -0.2) is 9.78 Å². The maximum absolute atomic E-state index is 12.3. The number of imidazole rings is 1. The standard InChI is InChI=1S/C18H16ClN3O3/c1-10-13(19)4-3-5-14(10)22-17(23)11(2)25-18(24)12-6-7-15-16(8-12)21-9-20-15/h3-9,11H,1-2H3,(H,20,21)(H,22,23). The minimum absolute atomic E-state index is 0.343. The summed E-state index contributed by atoms with van der Waals surface area (Å²) >= 11 is 6.03. The van der Waals surface area contributed by atoms with Crippen molar-refractivity contribution in [2.75, 3.05) is 5.32 Å². The zero-order valence-electron chi connectivity index (χ0n) is 13.7. The number of esters is 1. The van der Waals surface area contributed by atoms with Crippen LogP contribution < -0.4 is 5.32 Å². The first-order valence-corrected chi connectivity index (χ1v) is 8.03. The molecular weight excluding hydrogens is 342 g/mol. The van der Waals surface area contributed by atoms with Gasteiger partial charge in [0, 0.05) is 10.7 Å². The molecule has 0 spiro atoms. The Hall–Kier alpha value is -2.86. The number of benzene rings is 2. The molecule has 1 heterocycles. The summed E-state index contributed by atoms with van der Waals surface area (Å²) in [6.07, 6.45) is 0.590. The molecule has 0 fully saturated rings. The van der Waals surface area contributed by atoms with Gasteiger partial charge in [-0.3, -0.25) is 4.79 Å². The van der Waals surface area contributed by atoms with Crippen LogP contribution in [0.2, 0.25) is 5.02 Å². The second kappa shape index (κ2) is 6.94. The van der Waals surface area contributed by atoms with Crippen LogP contribution in [0.15, 0.2) is 42.7 Å². The van der Waals surface area contributed by atoms with E-state index in [-0.39, 0.29) is 0 Å². The summed E-state index contributed by atoms with van der Waals surface area (Å²) in [4.78, 5) is 31.5. The van der Waals surface area contributed by atoms with E-state index in [9.17, 15) is 9.59 Å². The number of aromatic nitrogens is 2. The molecule has 1 aromatic heterocycles. The number of fused-ring (bicyclic) bond motifs is 1. The number of carbonyl (C=O) groups is 2. The molecule has 0 aliphatic carbocycles. The monoisotopic (exact) mass is 357 g/mol. The summed E-state index contributed by atoms with van der Waals surface area (Å²) < 4.78 is 5.25. The third-order valence-corrected chi connectivity index (χ3v) is 4.24. The third-order valence-electron chi connectivity index (χ3n) is 3.83. The van der Waals surface area contributed by atoms with Crippen molar-refractivity contribution in [2.45, 2.75) is 20.0 Å². The largest absolute Gasteiger partial charge is 0.449 e. The first-order valence-electron chi connectivity index (χ1n) is 7.66. The van der Waals surface area contributed by atoms with Gasteiger partial charge in [-0.05, 0) is 49.7 Å². The van der Waals surface area contributed by atoms with E-state index in [1.807, 2.05) is 0 Å². The molecule has 0 aliphatic rings. The van der Waals surface area contributed by atoms with Crippen LogP contribution in [0.4, 0.5) is 5.69 Å². The lowest BCUT2D eigenvalue weighted by atomic mass is 10.2. The van der Waals surface area contributed by atoms with E-state index in [0.29, 0.717) is 16.3 Å². The van der Waals surface area contributed by atoms with Crippen molar-refractivity contribution in [3.05, 3.63) is 58.9 Å². The average Bonchev–Trinajstić information content (AvgIpc) is 3.06. The van der Waals surface area contributed by atoms with Crippen LogP contribution in [0, 0.1) is 6.92 Å². The van der Waals surface area contributed by atoms with Crippen molar-refractivity contribution in [3.63, 3.8) is 0 Å². The quantitative estimate of drug-likeness (QED) is 0.697. The van der Waals surface area contributed by atoms with Crippen molar-refractivity contribution in [2.24, 2.45) is 0 Å². The van der Waals surface area contributed by atoms with Crippen molar-refractivity contribution >= 4 is 40.2 Å². The van der Waals surface area contributed by atoms with Gasteiger partial charge in [0.15, 0.2) is 6.10 Å². The van der Waals surface area contributed by atoms with Crippen molar-refractivity contribution in [1.82, 2.24) is 9.97 Å². The molecule has 7 heteroatoms. The number of carbonyl (C=O) groups excluding carboxylic acids is 2. The van der Waals surface area contributed by atoms with Crippen LogP contribution >= 0.6 is 11.6 Å². The molecule has 6 nitrogen and oxygen atoms in total. The molecule has 2 N–H and O–H groups in total. The summed E-state index contributed by atoms with van der Waals surface area (Å²) in [7, 11) is 0. The molecule has 3 aromatic rings. The Labute approximate surface area is 149 Å². The molecule has 25 heavy (non-hydrogen) atoms. The van der Waals surface area contributed by atoms with Gasteiger partial charge in [-0.2, -0.15) is 0 Å². The van der Waals surface area contributed by atoms with Gasteiger partial charge in [0.05, 0.1) is 22.9 Å². The summed E-state index contributed by atoms with van der Waals surface area (Å²) in [5.41, 5.74) is 3.15. The number of rotatable bonds is 4. The molecule has 3 rings (SSSR count). The molecule has 0 saturated heterocycles. The number of amides is 1. The Bertz CT molecular complexity index is 952. The highest BCUT2D eigenvalue weighted by Gasteiger charge is 2.20. The molecule has 0 bridgehead atoms. The Kier molecular flexibility index (Phi) is 4.72. The third kappa shape index (κ3) is 3.64. The lowest BCUT2D eigenvalue weighted by molar-refractivity contribution is -0.123. The van der Waals surface area contributed by atoms with Crippen LogP contribution in [0.25, 0.3) is 11.0 Å². The fourth-order valence-electron chi connectivity index (χ4n) is 2.32. The van der Waals surface area contributed by atoms with E-state index in [0.717, 1.165) is 16.6 Å². The minimum atomic E-state index is -0.955. The first kappa shape index (κ1) is 17.0. The number of aromatic amines is 1. The lowest BCUT2D eigenvalue weighted by Gasteiger charge is -2.15. The normalized spacial score (nSPS) is 12.0. The number of nitrogens with zero attached hydrogens (tertiary/aromatic N) is 1. The predicted molar refractivity (Wildman–Crippen MR) is 95.8 cm³/mol. The highest BCUT2D eigenvalue weighted by Crippen LogP contribution is 2.23. The number of hydrogen-bond donors (Lipinski definition) is 2. The maximum Gasteiger partial charge on any atom is 0.338 e. The van der Waals surface area contributed by atoms with E-state index in [2.05, 4.69) is 15.3 Å². The molecule has 0 radical (unpaired) electrons.